The van der Waals surface area contributed by atoms with Crippen molar-refractivity contribution < 1.29 is 22.4 Å². The molecule has 9 heteroatoms. The molecule has 3 rings (SSSR count). The van der Waals surface area contributed by atoms with Crippen LogP contribution in [0.2, 0.25) is 0 Å². The van der Waals surface area contributed by atoms with Gasteiger partial charge in [0.25, 0.3) is 21.8 Å². The number of sulfonamides is 1. The first-order valence-electron chi connectivity index (χ1n) is 10.0. The number of nitrogens with zero attached hydrogens (tertiary/aromatic N) is 1. The Morgan fingerprint density at radius 2 is 1.64 bits per heavy atom. The van der Waals surface area contributed by atoms with Gasteiger partial charge in [-0.2, -0.15) is 0 Å². The number of amides is 2. The minimum atomic E-state index is -4.02. The quantitative estimate of drug-likeness (QED) is 0.553. The van der Waals surface area contributed by atoms with Crippen molar-refractivity contribution in [2.75, 3.05) is 18.8 Å². The summed E-state index contributed by atoms with van der Waals surface area (Å²) in [6, 6.07) is 16.5. The van der Waals surface area contributed by atoms with Gasteiger partial charge in [-0.05, 0) is 60.5 Å². The largest absolute Gasteiger partial charge is 0.348 e. The average Bonchev–Trinajstić information content (AvgIpc) is 2.78. The number of halogens is 1. The Morgan fingerprint density at radius 1 is 0.939 bits per heavy atom. The third-order valence-electron chi connectivity index (χ3n) is 4.89. The van der Waals surface area contributed by atoms with Crippen molar-refractivity contribution in [2.24, 2.45) is 0 Å². The molecule has 7 nitrogen and oxygen atoms in total. The van der Waals surface area contributed by atoms with Crippen molar-refractivity contribution in [1.29, 1.82) is 0 Å². The Bertz CT molecular complexity index is 1290. The van der Waals surface area contributed by atoms with Crippen molar-refractivity contribution in [3.8, 4) is 0 Å². The van der Waals surface area contributed by atoms with E-state index in [1.54, 1.807) is 57.4 Å². The third-order valence-corrected chi connectivity index (χ3v) is 6.27. The lowest BCUT2D eigenvalue weighted by Crippen LogP contribution is -2.23. The van der Waals surface area contributed by atoms with E-state index in [2.05, 4.69) is 10.0 Å². The van der Waals surface area contributed by atoms with Crippen molar-refractivity contribution in [3.63, 3.8) is 0 Å². The Morgan fingerprint density at radius 3 is 2.27 bits per heavy atom. The summed E-state index contributed by atoms with van der Waals surface area (Å²) in [4.78, 5) is 25.8. The van der Waals surface area contributed by atoms with E-state index in [-0.39, 0.29) is 28.6 Å². The smallest absolute Gasteiger partial charge is 0.261 e. The molecule has 0 bridgehead atoms. The molecule has 0 saturated carbocycles. The molecule has 0 heterocycles. The van der Waals surface area contributed by atoms with Crippen LogP contribution in [0, 0.1) is 12.7 Å². The zero-order valence-electron chi connectivity index (χ0n) is 18.4. The maximum Gasteiger partial charge on any atom is 0.261 e. The molecule has 0 aliphatic carbocycles. The number of nitrogens with one attached hydrogen (secondary N) is 2. The molecule has 33 heavy (non-hydrogen) atoms. The van der Waals surface area contributed by atoms with Gasteiger partial charge in [0.2, 0.25) is 0 Å². The lowest BCUT2D eigenvalue weighted by atomic mass is 10.1. The van der Waals surface area contributed by atoms with Crippen molar-refractivity contribution >= 4 is 27.5 Å². The molecule has 0 saturated heterocycles. The van der Waals surface area contributed by atoms with Crippen LogP contribution in [0.5, 0.6) is 0 Å². The van der Waals surface area contributed by atoms with E-state index in [4.69, 9.17) is 0 Å². The van der Waals surface area contributed by atoms with Gasteiger partial charge in [-0.15, -0.1) is 0 Å². The fraction of sp³-hybridized carbons (Fsp3) is 0.167. The number of benzene rings is 3. The highest BCUT2D eigenvalue weighted by atomic mass is 32.2. The molecule has 172 valence electrons. The highest BCUT2D eigenvalue weighted by Gasteiger charge is 2.17. The molecule has 3 aromatic rings. The number of hydrogen-bond acceptors (Lipinski definition) is 4. The topological polar surface area (TPSA) is 95.6 Å². The van der Waals surface area contributed by atoms with Gasteiger partial charge in [-0.1, -0.05) is 24.3 Å². The van der Waals surface area contributed by atoms with E-state index in [1.807, 2.05) is 0 Å². The number of carbonyl (C=O) groups excluding carboxylic acids is 2. The molecule has 2 amide bonds. The van der Waals surface area contributed by atoms with Crippen LogP contribution in [0.4, 0.5) is 10.1 Å². The van der Waals surface area contributed by atoms with Gasteiger partial charge in [0.05, 0.1) is 4.90 Å². The van der Waals surface area contributed by atoms with Crippen LogP contribution in [0.15, 0.2) is 71.6 Å². The van der Waals surface area contributed by atoms with Gasteiger partial charge in [-0.25, -0.2) is 12.8 Å². The lowest BCUT2D eigenvalue weighted by Gasteiger charge is -2.12. The molecule has 0 unspecified atom stereocenters. The monoisotopic (exact) mass is 469 g/mol. The van der Waals surface area contributed by atoms with E-state index in [1.165, 1.54) is 29.2 Å². The number of carbonyl (C=O) groups is 2. The maximum absolute atomic E-state index is 13.8. The first-order valence-corrected chi connectivity index (χ1v) is 11.5. The molecule has 0 aromatic heterocycles. The molecule has 0 atom stereocenters. The van der Waals surface area contributed by atoms with Crippen molar-refractivity contribution in [3.05, 3.63) is 94.8 Å². The SMILES string of the molecule is Cc1ccc(S(=O)(=O)Nc2cccc(C(=O)NCc3ccc(C(=O)N(C)C)cc3)c2)cc1F. The average molecular weight is 470 g/mol. The molecule has 3 aromatic carbocycles. The van der Waals surface area contributed by atoms with Crippen LogP contribution in [0.3, 0.4) is 0 Å². The Balaban J connectivity index is 1.67. The van der Waals surface area contributed by atoms with Gasteiger partial charge in [0.1, 0.15) is 5.82 Å². The van der Waals surface area contributed by atoms with Crippen LogP contribution in [-0.4, -0.2) is 39.2 Å². The normalized spacial score (nSPS) is 11.0. The highest BCUT2D eigenvalue weighted by molar-refractivity contribution is 7.92. The summed E-state index contributed by atoms with van der Waals surface area (Å²) < 4.78 is 41.3. The van der Waals surface area contributed by atoms with E-state index < -0.39 is 21.7 Å². The Kier molecular flexibility index (Phi) is 7.13. The number of aryl methyl sites for hydroxylation is 1. The van der Waals surface area contributed by atoms with Gasteiger partial charge < -0.3 is 10.2 Å². The van der Waals surface area contributed by atoms with E-state index in [0.29, 0.717) is 11.1 Å². The van der Waals surface area contributed by atoms with Gasteiger partial charge in [0.15, 0.2) is 0 Å². The third kappa shape index (κ3) is 5.95. The van der Waals surface area contributed by atoms with Crippen molar-refractivity contribution in [1.82, 2.24) is 10.2 Å². The van der Waals surface area contributed by atoms with Crippen LogP contribution >= 0.6 is 0 Å². The summed E-state index contributed by atoms with van der Waals surface area (Å²) in [6.45, 7) is 1.77. The predicted molar refractivity (Wildman–Crippen MR) is 124 cm³/mol. The molecule has 2 N–H and O–H groups in total. The highest BCUT2D eigenvalue weighted by Crippen LogP contribution is 2.19. The van der Waals surface area contributed by atoms with Crippen molar-refractivity contribution in [2.45, 2.75) is 18.4 Å². The number of rotatable bonds is 7. The fourth-order valence-corrected chi connectivity index (χ4v) is 4.05. The molecule has 0 spiro atoms. The van der Waals surface area contributed by atoms with E-state index in [0.717, 1.165) is 11.6 Å². The maximum atomic E-state index is 13.8. The zero-order chi connectivity index (χ0) is 24.2. The van der Waals surface area contributed by atoms with Gasteiger partial charge >= 0.3 is 0 Å². The first-order chi connectivity index (χ1) is 15.6. The number of hydrogen-bond donors (Lipinski definition) is 2. The molecular weight excluding hydrogens is 445 g/mol. The van der Waals surface area contributed by atoms with E-state index in [9.17, 15) is 22.4 Å². The summed E-state index contributed by atoms with van der Waals surface area (Å²) >= 11 is 0. The molecular formula is C24H24FN3O4S. The minimum Gasteiger partial charge on any atom is -0.348 e. The Hall–Kier alpha value is -3.72. The fourth-order valence-electron chi connectivity index (χ4n) is 2.99. The molecule has 0 fully saturated rings. The lowest BCUT2D eigenvalue weighted by molar-refractivity contribution is 0.0827. The summed E-state index contributed by atoms with van der Waals surface area (Å²) in [5, 5.41) is 2.76. The zero-order valence-corrected chi connectivity index (χ0v) is 19.2. The number of anilines is 1. The molecule has 0 aliphatic heterocycles. The summed E-state index contributed by atoms with van der Waals surface area (Å²) in [7, 11) is -0.680. The van der Waals surface area contributed by atoms with Crippen LogP contribution in [0.25, 0.3) is 0 Å². The standard InChI is InChI=1S/C24H24FN3O4S/c1-16-7-12-21(14-22(16)25)33(31,32)27-20-6-4-5-19(13-20)23(29)26-15-17-8-10-18(11-9-17)24(30)28(2)3/h4-14,27H,15H2,1-3H3,(H,26,29). The molecule has 0 aliphatic rings. The second-order valence-electron chi connectivity index (χ2n) is 7.68. The van der Waals surface area contributed by atoms with Gasteiger partial charge in [-0.3, -0.25) is 14.3 Å². The van der Waals surface area contributed by atoms with Crippen LogP contribution < -0.4 is 10.0 Å². The summed E-state index contributed by atoms with van der Waals surface area (Å²) in [6.07, 6.45) is 0. The van der Waals surface area contributed by atoms with Crippen LogP contribution in [-0.2, 0) is 16.6 Å². The van der Waals surface area contributed by atoms with Gasteiger partial charge in [0, 0.05) is 37.5 Å². The summed E-state index contributed by atoms with van der Waals surface area (Å²) in [5.74, 6) is -1.13. The minimum absolute atomic E-state index is 0.113. The second kappa shape index (κ2) is 9.83. The predicted octanol–water partition coefficient (Wildman–Crippen LogP) is 3.57. The summed E-state index contributed by atoms with van der Waals surface area (Å²) in [5.41, 5.74) is 2.12. The Labute approximate surface area is 192 Å². The second-order valence-corrected chi connectivity index (χ2v) is 9.36. The molecule has 0 radical (unpaired) electrons. The first kappa shape index (κ1) is 23.9. The van der Waals surface area contributed by atoms with Crippen LogP contribution in [0.1, 0.15) is 31.8 Å². The van der Waals surface area contributed by atoms with E-state index >= 15 is 0 Å².